The predicted octanol–water partition coefficient (Wildman–Crippen LogP) is 12.4. The van der Waals surface area contributed by atoms with Crippen molar-refractivity contribution in [1.82, 2.24) is 9.97 Å². The van der Waals surface area contributed by atoms with Crippen molar-refractivity contribution in [3.63, 3.8) is 0 Å². The molecule has 0 spiro atoms. The van der Waals surface area contributed by atoms with Gasteiger partial charge in [-0.2, -0.15) is 0 Å². The molecule has 0 bridgehead atoms. The Balaban J connectivity index is 1.03. The van der Waals surface area contributed by atoms with Gasteiger partial charge in [-0.15, -0.1) is 0 Å². The number of benzene rings is 8. The van der Waals surface area contributed by atoms with E-state index in [1.807, 2.05) is 0 Å². The van der Waals surface area contributed by atoms with Crippen LogP contribution in [0.4, 0.5) is 0 Å². The molecule has 0 aliphatic carbocycles. The van der Waals surface area contributed by atoms with Gasteiger partial charge in [0.15, 0.2) is 0 Å². The molecule has 2 nitrogen and oxygen atoms in total. The Morgan fingerprint density at radius 2 is 0.708 bits per heavy atom. The van der Waals surface area contributed by atoms with Gasteiger partial charge in [0.05, 0.1) is 22.4 Å². The summed E-state index contributed by atoms with van der Waals surface area (Å²) in [7, 11) is 0. The van der Waals surface area contributed by atoms with Crippen LogP contribution in [-0.2, 0) is 0 Å². The van der Waals surface area contributed by atoms with E-state index in [9.17, 15) is 0 Å². The van der Waals surface area contributed by atoms with Crippen LogP contribution in [0.2, 0.25) is 0 Å². The van der Waals surface area contributed by atoms with Crippen molar-refractivity contribution in [2.75, 3.05) is 0 Å². The minimum absolute atomic E-state index is 0.987. The summed E-state index contributed by atoms with van der Waals surface area (Å²) in [6.45, 7) is 0. The van der Waals surface area contributed by atoms with E-state index < -0.39 is 0 Å². The lowest BCUT2D eigenvalue weighted by Crippen LogP contribution is -1.90. The Hall–Kier alpha value is -6.38. The lowest BCUT2D eigenvalue weighted by molar-refractivity contribution is 1.41. The van der Waals surface area contributed by atoms with Gasteiger partial charge in [-0.05, 0) is 103 Å². The fourth-order valence-electron chi connectivity index (χ4n) is 7.28. The van der Waals surface area contributed by atoms with Crippen LogP contribution in [0.5, 0.6) is 0 Å². The van der Waals surface area contributed by atoms with Gasteiger partial charge >= 0.3 is 0 Å². The molecule has 0 radical (unpaired) electrons. The van der Waals surface area contributed by atoms with Crippen molar-refractivity contribution in [2.24, 2.45) is 0 Å². The molecule has 0 unspecified atom stereocenters. The van der Waals surface area contributed by atoms with Crippen LogP contribution in [0.1, 0.15) is 0 Å². The van der Waals surface area contributed by atoms with Gasteiger partial charge in [-0.3, -0.25) is 0 Å². The second-order valence-electron chi connectivity index (χ2n) is 12.7. The highest BCUT2D eigenvalue weighted by Gasteiger charge is 2.12. The van der Waals surface area contributed by atoms with Gasteiger partial charge in [0.1, 0.15) is 0 Å². The van der Waals surface area contributed by atoms with Crippen molar-refractivity contribution in [3.8, 4) is 33.6 Å². The third-order valence-corrected chi connectivity index (χ3v) is 9.76. The summed E-state index contributed by atoms with van der Waals surface area (Å²) in [5, 5.41) is 12.0. The number of hydrogen-bond acceptors (Lipinski definition) is 2. The van der Waals surface area contributed by atoms with Gasteiger partial charge in [0.25, 0.3) is 0 Å². The van der Waals surface area contributed by atoms with Crippen LogP contribution in [0.3, 0.4) is 0 Å². The van der Waals surface area contributed by atoms with Crippen LogP contribution in [0, 0.1) is 0 Å². The minimum Gasteiger partial charge on any atom is -0.248 e. The molecule has 0 aliphatic rings. The van der Waals surface area contributed by atoms with E-state index in [0.29, 0.717) is 0 Å². The molecule has 0 saturated heterocycles. The normalized spacial score (nSPS) is 11.8. The molecule has 0 saturated carbocycles. The topological polar surface area (TPSA) is 25.8 Å². The Morgan fingerprint density at radius 1 is 0.271 bits per heavy atom. The summed E-state index contributed by atoms with van der Waals surface area (Å²) in [5.74, 6) is 0. The Morgan fingerprint density at radius 3 is 1.35 bits per heavy atom. The zero-order valence-electron chi connectivity index (χ0n) is 26.1. The molecule has 48 heavy (non-hydrogen) atoms. The second-order valence-corrected chi connectivity index (χ2v) is 12.7. The van der Waals surface area contributed by atoms with E-state index in [4.69, 9.17) is 9.97 Å². The molecule has 10 rings (SSSR count). The quantitative estimate of drug-likeness (QED) is 0.187. The van der Waals surface area contributed by atoms with Crippen LogP contribution < -0.4 is 0 Å². The van der Waals surface area contributed by atoms with Crippen molar-refractivity contribution < 1.29 is 0 Å². The maximum Gasteiger partial charge on any atom is 0.0715 e. The Kier molecular flexibility index (Phi) is 5.91. The first-order valence-electron chi connectivity index (χ1n) is 16.4. The van der Waals surface area contributed by atoms with Gasteiger partial charge < -0.3 is 0 Å². The average molecular weight is 609 g/mol. The van der Waals surface area contributed by atoms with E-state index in [0.717, 1.165) is 44.3 Å². The molecular formula is C46H28N2. The molecule has 0 N–H and O–H groups in total. The summed E-state index contributed by atoms with van der Waals surface area (Å²) in [6.07, 6.45) is 0. The van der Waals surface area contributed by atoms with Crippen molar-refractivity contribution in [1.29, 1.82) is 0 Å². The van der Waals surface area contributed by atoms with Crippen LogP contribution in [0.25, 0.3) is 98.5 Å². The number of nitrogens with zero attached hydrogens (tertiary/aromatic N) is 2. The van der Waals surface area contributed by atoms with Crippen molar-refractivity contribution >= 4 is 64.9 Å². The molecule has 10 aromatic rings. The maximum absolute atomic E-state index is 5.15. The average Bonchev–Trinajstić information content (AvgIpc) is 3.15. The van der Waals surface area contributed by atoms with Gasteiger partial charge in [0.2, 0.25) is 0 Å². The molecule has 0 amide bonds. The molecule has 222 valence electrons. The number of aromatic nitrogens is 2. The summed E-state index contributed by atoms with van der Waals surface area (Å²) in [5.41, 5.74) is 8.69. The highest BCUT2D eigenvalue weighted by molar-refractivity contribution is 6.06. The molecule has 0 aliphatic heterocycles. The molecular weight excluding hydrogens is 581 g/mol. The van der Waals surface area contributed by atoms with E-state index in [-0.39, 0.29) is 0 Å². The smallest absolute Gasteiger partial charge is 0.0715 e. The van der Waals surface area contributed by atoms with Crippen LogP contribution in [0.15, 0.2) is 170 Å². The minimum atomic E-state index is 0.987. The molecule has 0 fully saturated rings. The van der Waals surface area contributed by atoms with E-state index in [1.54, 1.807) is 0 Å². The van der Waals surface area contributed by atoms with E-state index >= 15 is 0 Å². The summed E-state index contributed by atoms with van der Waals surface area (Å²) < 4.78 is 0. The monoisotopic (exact) mass is 608 g/mol. The molecule has 0 atom stereocenters. The van der Waals surface area contributed by atoms with Gasteiger partial charge in [-0.1, -0.05) is 121 Å². The highest BCUT2D eigenvalue weighted by Crippen LogP contribution is 2.37. The van der Waals surface area contributed by atoms with Gasteiger partial charge in [-0.25, -0.2) is 9.97 Å². The zero-order valence-corrected chi connectivity index (χ0v) is 26.1. The first-order valence-corrected chi connectivity index (χ1v) is 16.4. The summed E-state index contributed by atoms with van der Waals surface area (Å²) in [6, 6.07) is 61.1. The first-order chi connectivity index (χ1) is 23.7. The number of pyridine rings is 2. The van der Waals surface area contributed by atoms with Crippen LogP contribution >= 0.6 is 0 Å². The number of rotatable bonds is 3. The molecule has 2 heteroatoms. The van der Waals surface area contributed by atoms with Crippen molar-refractivity contribution in [3.05, 3.63) is 170 Å². The Bertz CT molecular complexity index is 2900. The largest absolute Gasteiger partial charge is 0.248 e. The first kappa shape index (κ1) is 26.8. The lowest BCUT2D eigenvalue weighted by atomic mass is 9.92. The number of hydrogen-bond donors (Lipinski definition) is 0. The molecule has 8 aromatic carbocycles. The van der Waals surface area contributed by atoms with E-state index in [1.165, 1.54) is 54.2 Å². The summed E-state index contributed by atoms with van der Waals surface area (Å²) >= 11 is 0. The maximum atomic E-state index is 5.15. The van der Waals surface area contributed by atoms with Crippen LogP contribution in [-0.4, -0.2) is 9.97 Å². The van der Waals surface area contributed by atoms with Crippen molar-refractivity contribution in [2.45, 2.75) is 0 Å². The third-order valence-electron chi connectivity index (χ3n) is 9.76. The lowest BCUT2D eigenvalue weighted by Gasteiger charge is -2.13. The van der Waals surface area contributed by atoms with Gasteiger partial charge in [0, 0.05) is 21.9 Å². The molecule has 2 aromatic heterocycles. The Labute approximate surface area is 277 Å². The number of fused-ring (bicyclic) bond motifs is 6. The fraction of sp³-hybridized carbons (Fsp3) is 0. The zero-order chi connectivity index (χ0) is 31.6. The summed E-state index contributed by atoms with van der Waals surface area (Å²) in [4.78, 5) is 10.2. The third kappa shape index (κ3) is 4.42. The SMILES string of the molecule is c1ccc2cc3nc(-c4ccc5cc(-c6ccc(-c7ccc8cc9ccccc9cc8n7)c7ccccc67)ccc5c4)ccc3cc2c1. The highest BCUT2D eigenvalue weighted by atomic mass is 14.7. The van der Waals surface area contributed by atoms with E-state index in [2.05, 4.69) is 170 Å². The standard InChI is InChI=1S/C46H28N2/c1-3-9-31-27-45-37(24-29(31)7-1)17-21-43(47-45)36-16-14-33-23-35(15-13-34(33)26-36)39-19-20-42(41-12-6-5-11-40(39)41)44-22-18-38-25-30-8-2-4-10-32(30)28-46(38)48-44/h1-28H. The predicted molar refractivity (Wildman–Crippen MR) is 203 cm³/mol. The molecule has 2 heterocycles. The second kappa shape index (κ2) is 10.6. The fourth-order valence-corrected chi connectivity index (χ4v) is 7.28.